The predicted octanol–water partition coefficient (Wildman–Crippen LogP) is 4.82. The van der Waals surface area contributed by atoms with Gasteiger partial charge in [0.05, 0.1) is 12.1 Å². The topological polar surface area (TPSA) is 65.3 Å². The van der Waals surface area contributed by atoms with Gasteiger partial charge in [-0.3, -0.25) is 4.79 Å². The minimum atomic E-state index is -4.34. The second kappa shape index (κ2) is 9.24. The van der Waals surface area contributed by atoms with E-state index in [1.807, 2.05) is 32.3 Å². The molecule has 0 spiro atoms. The third-order valence-electron chi connectivity index (χ3n) is 6.71. The molecule has 188 valence electrons. The molecule has 1 aromatic heterocycles. The lowest BCUT2D eigenvalue weighted by Gasteiger charge is -2.26. The Hall–Kier alpha value is -2.97. The summed E-state index contributed by atoms with van der Waals surface area (Å²) in [6.45, 7) is 7.52. The highest BCUT2D eigenvalue weighted by molar-refractivity contribution is 5.99. The zero-order valence-corrected chi connectivity index (χ0v) is 20.7. The average molecular weight is 490 g/mol. The summed E-state index contributed by atoms with van der Waals surface area (Å²) in [6, 6.07) is 4.98. The molecule has 0 bridgehead atoms. The molecule has 1 saturated carbocycles. The van der Waals surface area contributed by atoms with Crippen molar-refractivity contribution in [1.29, 1.82) is 0 Å². The van der Waals surface area contributed by atoms with E-state index in [0.29, 0.717) is 29.7 Å². The fourth-order valence-corrected chi connectivity index (χ4v) is 4.87. The Bertz CT molecular complexity index is 1200. The molecule has 0 unspecified atom stereocenters. The van der Waals surface area contributed by atoms with Crippen LogP contribution in [0.1, 0.15) is 68.1 Å². The molecule has 2 aromatic rings. The van der Waals surface area contributed by atoms with Crippen LogP contribution in [-0.2, 0) is 10.2 Å². The number of benzene rings is 1. The molecular formula is C26H32F3N4O2+. The number of pyridine rings is 1. The number of alkyl halides is 3. The first kappa shape index (κ1) is 25.1. The fourth-order valence-electron chi connectivity index (χ4n) is 4.87. The number of hydrogen-bond donors (Lipinski definition) is 1. The van der Waals surface area contributed by atoms with E-state index in [1.165, 1.54) is 10.6 Å². The van der Waals surface area contributed by atoms with E-state index < -0.39 is 18.1 Å². The van der Waals surface area contributed by atoms with Crippen molar-refractivity contribution in [3.05, 3.63) is 35.0 Å². The maximum Gasteiger partial charge on any atom is 0.406 e. The van der Waals surface area contributed by atoms with Crippen LogP contribution in [0.15, 0.2) is 18.2 Å². The van der Waals surface area contributed by atoms with Crippen molar-refractivity contribution in [2.75, 3.05) is 31.5 Å². The normalized spacial score (nSPS) is 17.5. The van der Waals surface area contributed by atoms with Crippen LogP contribution in [-0.4, -0.2) is 64.3 Å². The average Bonchev–Trinajstić information content (AvgIpc) is 3.30. The minimum Gasteiger partial charge on any atom is -0.376 e. The molecule has 35 heavy (non-hydrogen) atoms. The number of anilines is 1. The number of carbonyl (C=O) groups excluding carboxylic acids is 2. The van der Waals surface area contributed by atoms with E-state index in [2.05, 4.69) is 10.3 Å². The Labute approximate surface area is 203 Å². The first-order valence-corrected chi connectivity index (χ1v) is 12.0. The Morgan fingerprint density at radius 2 is 1.83 bits per heavy atom. The Morgan fingerprint density at radius 3 is 2.43 bits per heavy atom. The summed E-state index contributed by atoms with van der Waals surface area (Å²) in [5, 5.41) is 3.16. The van der Waals surface area contributed by atoms with Gasteiger partial charge in [0.2, 0.25) is 0 Å². The van der Waals surface area contributed by atoms with Crippen LogP contribution in [0.3, 0.4) is 0 Å². The highest BCUT2D eigenvalue weighted by Gasteiger charge is 2.35. The maximum atomic E-state index is 13.4. The van der Waals surface area contributed by atoms with E-state index in [9.17, 15) is 22.8 Å². The van der Waals surface area contributed by atoms with Crippen LogP contribution in [0.4, 0.5) is 18.9 Å². The number of piperazine rings is 1. The number of fused-ring (bicyclic) bond motifs is 1. The van der Waals surface area contributed by atoms with Gasteiger partial charge in [0.25, 0.3) is 5.91 Å². The summed E-state index contributed by atoms with van der Waals surface area (Å²) < 4.78 is 40.2. The van der Waals surface area contributed by atoms with E-state index in [1.54, 1.807) is 18.2 Å². The van der Waals surface area contributed by atoms with Crippen LogP contribution in [0, 0.1) is 6.92 Å². The van der Waals surface area contributed by atoms with Gasteiger partial charge >= 0.3 is 12.1 Å². The van der Waals surface area contributed by atoms with E-state index in [0.717, 1.165) is 36.8 Å². The molecule has 1 N–H and O–H groups in total. The van der Waals surface area contributed by atoms with Crippen molar-refractivity contribution in [2.24, 2.45) is 0 Å². The third-order valence-corrected chi connectivity index (χ3v) is 6.71. The number of carbonyl (C=O) groups is 2. The predicted molar refractivity (Wildman–Crippen MR) is 129 cm³/mol. The van der Waals surface area contributed by atoms with Gasteiger partial charge in [-0.05, 0) is 54.5 Å². The number of rotatable bonds is 3. The van der Waals surface area contributed by atoms with Gasteiger partial charge in [-0.15, -0.1) is 0 Å². The molecule has 9 heteroatoms. The molecule has 1 aliphatic carbocycles. The number of aromatic nitrogens is 1. The first-order chi connectivity index (χ1) is 16.3. The van der Waals surface area contributed by atoms with Crippen molar-refractivity contribution in [2.45, 2.75) is 65.0 Å². The Kier molecular flexibility index (Phi) is 6.64. The van der Waals surface area contributed by atoms with E-state index in [4.69, 9.17) is 0 Å². The molecule has 6 nitrogen and oxygen atoms in total. The zero-order chi connectivity index (χ0) is 25.5. The van der Waals surface area contributed by atoms with Crippen LogP contribution in [0.5, 0.6) is 0 Å². The molecule has 0 radical (unpaired) electrons. The molecular weight excluding hydrogens is 457 g/mol. The first-order valence-electron chi connectivity index (χ1n) is 12.0. The van der Waals surface area contributed by atoms with Crippen LogP contribution >= 0.6 is 0 Å². The summed E-state index contributed by atoms with van der Waals surface area (Å²) >= 11 is 0. The Balaban J connectivity index is 1.67. The highest BCUT2D eigenvalue weighted by atomic mass is 19.4. The number of aryl methyl sites for hydroxylation is 1. The number of nitrogens with one attached hydrogen (secondary N) is 1. The van der Waals surface area contributed by atoms with Crippen LogP contribution in [0.25, 0.3) is 10.9 Å². The van der Waals surface area contributed by atoms with Gasteiger partial charge in [-0.2, -0.15) is 17.7 Å². The molecule has 1 aromatic carbocycles. The molecule has 2 aliphatic rings. The second-order valence-corrected chi connectivity index (χ2v) is 10.5. The molecule has 1 saturated heterocycles. The third kappa shape index (κ3) is 5.49. The molecule has 2 amide bonds. The summed E-state index contributed by atoms with van der Waals surface area (Å²) in [4.78, 5) is 32.3. The molecule has 2 fully saturated rings. The quantitative estimate of drug-likeness (QED) is 0.628. The van der Waals surface area contributed by atoms with Crippen molar-refractivity contribution in [3.63, 3.8) is 0 Å². The highest BCUT2D eigenvalue weighted by Crippen LogP contribution is 2.34. The Morgan fingerprint density at radius 1 is 1.14 bits per heavy atom. The number of amides is 2. The number of hydrogen-bond acceptors (Lipinski definition) is 4. The maximum absolute atomic E-state index is 13.4. The lowest BCUT2D eigenvalue weighted by Crippen LogP contribution is -2.50. The molecule has 2 heterocycles. The second-order valence-electron chi connectivity index (χ2n) is 10.5. The van der Waals surface area contributed by atoms with Gasteiger partial charge in [0, 0.05) is 23.9 Å². The summed E-state index contributed by atoms with van der Waals surface area (Å²) in [5.74, 6) is -0.367. The van der Waals surface area contributed by atoms with Crippen LogP contribution < -0.4 is 5.32 Å². The van der Waals surface area contributed by atoms with E-state index in [-0.39, 0.29) is 24.1 Å². The summed E-state index contributed by atoms with van der Waals surface area (Å²) in [7, 11) is 0. The number of halogens is 3. The monoisotopic (exact) mass is 489 g/mol. The van der Waals surface area contributed by atoms with Crippen molar-refractivity contribution in [1.82, 2.24) is 9.88 Å². The number of nitrogens with zero attached hydrogens (tertiary/aromatic N) is 3. The van der Waals surface area contributed by atoms with Gasteiger partial charge < -0.3 is 10.2 Å². The van der Waals surface area contributed by atoms with Crippen molar-refractivity contribution < 1.29 is 27.3 Å². The standard InChI is InChI=1S/C26H31F3N4O2/c1-16-11-21(24(35)32-9-10-33(22(34)14-32)18-7-5-6-8-18)31-23-19(16)12-17(30-15-26(27,28)29)13-20(23)25(2,3)4/h11-13H,5-10,14-15H2,1-4H3/p+1. The lowest BCUT2D eigenvalue weighted by atomic mass is 9.84. The summed E-state index contributed by atoms with van der Waals surface area (Å²) in [5.41, 5.74) is 3.43. The van der Waals surface area contributed by atoms with Gasteiger partial charge in [-0.1, -0.05) is 20.8 Å². The van der Waals surface area contributed by atoms with E-state index >= 15 is 0 Å². The van der Waals surface area contributed by atoms with Crippen LogP contribution in [0.2, 0.25) is 0 Å². The van der Waals surface area contributed by atoms with Crippen molar-refractivity contribution in [3.8, 4) is 0 Å². The van der Waals surface area contributed by atoms with Crippen molar-refractivity contribution >= 4 is 34.1 Å². The largest absolute Gasteiger partial charge is 0.406 e. The molecule has 0 atom stereocenters. The SMILES string of the molecule is Cc1cc(C(=O)N2CC[N+](=C3CCCC3)C(=O)C2)nc2c(C(C)(C)C)cc(NCC(F)(F)F)cc12. The zero-order valence-electron chi connectivity index (χ0n) is 20.7. The lowest BCUT2D eigenvalue weighted by molar-refractivity contribution is -0.459. The van der Waals surface area contributed by atoms with Gasteiger partial charge in [0.15, 0.2) is 12.3 Å². The van der Waals surface area contributed by atoms with Gasteiger partial charge in [-0.25, -0.2) is 9.78 Å². The minimum absolute atomic E-state index is 0.0214. The van der Waals surface area contributed by atoms with Gasteiger partial charge in [0.1, 0.15) is 18.8 Å². The molecule has 1 aliphatic heterocycles. The smallest absolute Gasteiger partial charge is 0.376 e. The molecule has 4 rings (SSSR count). The summed E-state index contributed by atoms with van der Waals surface area (Å²) in [6.07, 6.45) is -0.240. The fraction of sp³-hybridized carbons (Fsp3) is 0.538.